The molecule has 0 saturated carbocycles. The molecule has 2 aromatic carbocycles. The Morgan fingerprint density at radius 3 is 2.48 bits per heavy atom. The van der Waals surface area contributed by atoms with Crippen LogP contribution >= 0.6 is 63.0 Å². The summed E-state index contributed by atoms with van der Waals surface area (Å²) in [7, 11) is 1.51. The molecule has 0 aliphatic rings. The van der Waals surface area contributed by atoms with Crippen molar-refractivity contribution in [3.8, 4) is 5.75 Å². The minimum absolute atomic E-state index is 0.176. The second kappa shape index (κ2) is 9.80. The summed E-state index contributed by atoms with van der Waals surface area (Å²) in [5.41, 5.74) is 1.07. The fraction of sp³-hybridized carbons (Fsp3) is 0.176. The van der Waals surface area contributed by atoms with Crippen LogP contribution in [0.15, 0.2) is 53.0 Å². The highest BCUT2D eigenvalue weighted by atomic mass is 79.9. The van der Waals surface area contributed by atoms with Crippen molar-refractivity contribution in [1.29, 1.82) is 0 Å². The van der Waals surface area contributed by atoms with Gasteiger partial charge in [-0.25, -0.2) is 0 Å². The molecule has 144 valence electrons. The van der Waals surface area contributed by atoms with Gasteiger partial charge in [0.2, 0.25) is 3.79 Å². The highest BCUT2D eigenvalue weighted by molar-refractivity contribution is 9.10. The molecule has 3 N–H and O–H groups in total. The van der Waals surface area contributed by atoms with E-state index in [1.54, 1.807) is 24.3 Å². The van der Waals surface area contributed by atoms with Crippen LogP contribution in [0.3, 0.4) is 0 Å². The second-order valence-electron chi connectivity index (χ2n) is 5.29. The summed E-state index contributed by atoms with van der Waals surface area (Å²) < 4.78 is 4.13. The summed E-state index contributed by atoms with van der Waals surface area (Å²) in [4.78, 5) is 12.5. The number of hydrogen-bond acceptors (Lipinski definition) is 3. The zero-order valence-corrected chi connectivity index (χ0v) is 18.6. The average Bonchev–Trinajstić information content (AvgIpc) is 2.60. The molecule has 1 amide bonds. The van der Waals surface area contributed by atoms with Gasteiger partial charge in [0, 0.05) is 15.7 Å². The summed E-state index contributed by atoms with van der Waals surface area (Å²) in [6.07, 6.45) is -1.08. The molecule has 0 heterocycles. The van der Waals surface area contributed by atoms with E-state index in [2.05, 4.69) is 31.9 Å². The minimum Gasteiger partial charge on any atom is -0.497 e. The third-order valence-corrected chi connectivity index (χ3v) is 4.66. The second-order valence-corrected chi connectivity index (χ2v) is 8.98. The first-order chi connectivity index (χ1) is 12.7. The number of anilines is 1. The maximum atomic E-state index is 12.5. The molecule has 0 aromatic heterocycles. The lowest BCUT2D eigenvalue weighted by molar-refractivity contribution is 0.0934. The van der Waals surface area contributed by atoms with Gasteiger partial charge in [0.25, 0.3) is 5.91 Å². The van der Waals surface area contributed by atoms with Crippen molar-refractivity contribution in [3.05, 3.63) is 58.6 Å². The summed E-state index contributed by atoms with van der Waals surface area (Å²) >= 11 is 26.6. The maximum absolute atomic E-state index is 12.5. The molecule has 0 bridgehead atoms. The molecule has 0 fully saturated rings. The van der Waals surface area contributed by atoms with E-state index >= 15 is 0 Å². The highest BCUT2D eigenvalue weighted by Gasteiger charge is 2.35. The Morgan fingerprint density at radius 1 is 1.15 bits per heavy atom. The lowest BCUT2D eigenvalue weighted by atomic mass is 10.2. The summed E-state index contributed by atoms with van der Waals surface area (Å²) in [6, 6.07) is 14.0. The highest BCUT2D eigenvalue weighted by Crippen LogP contribution is 2.29. The van der Waals surface area contributed by atoms with Gasteiger partial charge in [-0.2, -0.15) is 0 Å². The normalized spacial score (nSPS) is 12.0. The Morgan fingerprint density at radius 2 is 1.85 bits per heavy atom. The number of amides is 1. The van der Waals surface area contributed by atoms with Gasteiger partial charge in [0.15, 0.2) is 5.11 Å². The van der Waals surface area contributed by atoms with Crippen LogP contribution in [0, 0.1) is 0 Å². The van der Waals surface area contributed by atoms with E-state index < -0.39 is 15.9 Å². The Balaban J connectivity index is 2.08. The molecule has 1 atom stereocenters. The quantitative estimate of drug-likeness (QED) is 0.304. The Kier molecular flexibility index (Phi) is 8.00. The molecule has 0 aliphatic heterocycles. The van der Waals surface area contributed by atoms with Gasteiger partial charge in [-0.05, 0) is 48.6 Å². The number of halogens is 4. The number of methoxy groups -OCH3 is 1. The first kappa shape index (κ1) is 22.0. The van der Waals surface area contributed by atoms with Crippen molar-refractivity contribution in [2.24, 2.45) is 0 Å². The SMILES string of the molecule is COc1cccc(C(=O)N[C@@H](NC(=S)Nc2cccc(Br)c2)C(Cl)(Cl)Cl)c1. The van der Waals surface area contributed by atoms with Crippen LogP contribution in [0.4, 0.5) is 5.69 Å². The molecule has 10 heteroatoms. The lowest BCUT2D eigenvalue weighted by Crippen LogP contribution is -2.56. The lowest BCUT2D eigenvalue weighted by Gasteiger charge is -2.27. The maximum Gasteiger partial charge on any atom is 0.253 e. The van der Waals surface area contributed by atoms with Crippen LogP contribution in [0.5, 0.6) is 5.75 Å². The molecule has 0 saturated heterocycles. The fourth-order valence-corrected chi connectivity index (χ4v) is 3.01. The third kappa shape index (κ3) is 7.01. The van der Waals surface area contributed by atoms with Crippen molar-refractivity contribution in [1.82, 2.24) is 10.6 Å². The number of thiocarbonyl (C=S) groups is 1. The van der Waals surface area contributed by atoms with E-state index in [9.17, 15) is 4.79 Å². The summed E-state index contributed by atoms with van der Waals surface area (Å²) in [5.74, 6) is 0.0795. The van der Waals surface area contributed by atoms with Crippen LogP contribution in [0.25, 0.3) is 0 Å². The molecule has 2 aromatic rings. The fourth-order valence-electron chi connectivity index (χ4n) is 2.04. The third-order valence-electron chi connectivity index (χ3n) is 3.29. The molecular formula is C17H15BrCl3N3O2S. The van der Waals surface area contributed by atoms with Crippen LogP contribution in [-0.2, 0) is 0 Å². The van der Waals surface area contributed by atoms with Gasteiger partial charge in [-0.15, -0.1) is 0 Å². The van der Waals surface area contributed by atoms with Crippen LogP contribution < -0.4 is 20.7 Å². The van der Waals surface area contributed by atoms with Crippen LogP contribution in [0.2, 0.25) is 0 Å². The summed E-state index contributed by atoms with van der Waals surface area (Å²) in [5, 5.41) is 8.55. The van der Waals surface area contributed by atoms with Gasteiger partial charge < -0.3 is 20.7 Å². The number of ether oxygens (including phenoxy) is 1. The largest absolute Gasteiger partial charge is 0.497 e. The Labute approximate surface area is 185 Å². The average molecular weight is 512 g/mol. The molecule has 0 aliphatic carbocycles. The Hall–Kier alpha value is -1.25. The first-order valence-electron chi connectivity index (χ1n) is 7.54. The van der Waals surface area contributed by atoms with Gasteiger partial charge in [-0.3, -0.25) is 4.79 Å². The van der Waals surface area contributed by atoms with E-state index in [1.165, 1.54) is 7.11 Å². The molecular weight excluding hydrogens is 497 g/mol. The molecule has 27 heavy (non-hydrogen) atoms. The van der Waals surface area contributed by atoms with E-state index in [0.29, 0.717) is 11.3 Å². The predicted molar refractivity (Wildman–Crippen MR) is 118 cm³/mol. The zero-order chi connectivity index (χ0) is 20.0. The van der Waals surface area contributed by atoms with Gasteiger partial charge >= 0.3 is 0 Å². The topological polar surface area (TPSA) is 62.4 Å². The molecule has 2 rings (SSSR count). The number of nitrogens with one attached hydrogen (secondary N) is 3. The van der Waals surface area contributed by atoms with Gasteiger partial charge in [0.05, 0.1) is 7.11 Å². The number of alkyl halides is 3. The first-order valence-corrected chi connectivity index (χ1v) is 9.87. The smallest absolute Gasteiger partial charge is 0.253 e. The van der Waals surface area contributed by atoms with Gasteiger partial charge in [0.1, 0.15) is 11.9 Å². The molecule has 0 spiro atoms. The number of rotatable bonds is 5. The van der Waals surface area contributed by atoms with E-state index in [0.717, 1.165) is 10.2 Å². The minimum atomic E-state index is -1.85. The van der Waals surface area contributed by atoms with Crippen molar-refractivity contribution in [2.75, 3.05) is 12.4 Å². The molecule has 0 unspecified atom stereocenters. The van der Waals surface area contributed by atoms with Crippen molar-refractivity contribution >= 4 is 79.7 Å². The zero-order valence-electron chi connectivity index (χ0n) is 13.9. The van der Waals surface area contributed by atoms with Crippen LogP contribution in [-0.4, -0.2) is 28.1 Å². The van der Waals surface area contributed by atoms with Crippen molar-refractivity contribution < 1.29 is 9.53 Å². The number of hydrogen-bond donors (Lipinski definition) is 3. The van der Waals surface area contributed by atoms with E-state index in [4.69, 9.17) is 51.8 Å². The number of benzene rings is 2. The van der Waals surface area contributed by atoms with Crippen molar-refractivity contribution in [2.45, 2.75) is 9.96 Å². The Bertz CT molecular complexity index is 833. The summed E-state index contributed by atoms with van der Waals surface area (Å²) in [6.45, 7) is 0. The van der Waals surface area contributed by atoms with E-state index in [-0.39, 0.29) is 5.11 Å². The molecule has 0 radical (unpaired) electrons. The van der Waals surface area contributed by atoms with Crippen LogP contribution in [0.1, 0.15) is 10.4 Å². The molecule has 5 nitrogen and oxygen atoms in total. The monoisotopic (exact) mass is 509 g/mol. The van der Waals surface area contributed by atoms with Gasteiger partial charge in [-0.1, -0.05) is 62.9 Å². The standard InChI is InChI=1S/C17H15BrCl3N3O2S/c1-26-13-7-2-4-10(8-13)14(25)23-15(17(19,20)21)24-16(27)22-12-6-3-5-11(18)9-12/h2-9,15H,1H3,(H,23,25)(H2,22,24,27)/t15-/m0/s1. The predicted octanol–water partition coefficient (Wildman–Crippen LogP) is 4.87. The number of carbonyl (C=O) groups is 1. The van der Waals surface area contributed by atoms with Crippen molar-refractivity contribution in [3.63, 3.8) is 0 Å². The van der Waals surface area contributed by atoms with E-state index in [1.807, 2.05) is 24.3 Å². The number of carbonyl (C=O) groups excluding carboxylic acids is 1.